The van der Waals surface area contributed by atoms with Crippen LogP contribution in [0.15, 0.2) is 0 Å². The van der Waals surface area contributed by atoms with Gasteiger partial charge in [-0.1, -0.05) is 5.92 Å². The summed E-state index contributed by atoms with van der Waals surface area (Å²) in [6.45, 7) is 6.62. The number of carbonyl (C=O) groups excluding carboxylic acids is 2. The molecule has 6 heteroatoms. The van der Waals surface area contributed by atoms with Crippen LogP contribution in [0.5, 0.6) is 0 Å². The van der Waals surface area contributed by atoms with Crippen molar-refractivity contribution in [2.24, 2.45) is 0 Å². The van der Waals surface area contributed by atoms with Crippen LogP contribution in [0, 0.1) is 12.0 Å². The van der Waals surface area contributed by atoms with E-state index in [1.165, 1.54) is 6.92 Å². The van der Waals surface area contributed by atoms with Gasteiger partial charge >= 0.3 is 12.1 Å². The zero-order chi connectivity index (χ0) is 11.9. The second-order valence-corrected chi connectivity index (χ2v) is 8.01. The number of ether oxygens (including phenoxy) is 2. The molecule has 0 radical (unpaired) electrons. The lowest BCUT2D eigenvalue weighted by Crippen LogP contribution is -2.31. The predicted molar refractivity (Wildman–Crippen MR) is 55.3 cm³/mol. The predicted octanol–water partition coefficient (Wildman–Crippen LogP) is 1.50. The van der Waals surface area contributed by atoms with Crippen molar-refractivity contribution >= 4 is 20.4 Å². The molecule has 0 saturated carbocycles. The Balaban J connectivity index is 3.80. The van der Waals surface area contributed by atoms with Crippen molar-refractivity contribution < 1.29 is 23.5 Å². The minimum Gasteiger partial charge on any atom is -0.517 e. The SMILES string of the molecule is CC#COC(=O)OCC(=O)O[Si](C)(C)C. The first-order chi connectivity index (χ1) is 6.85. The summed E-state index contributed by atoms with van der Waals surface area (Å²) in [5.74, 6) is 1.77. The molecule has 0 N–H and O–H groups in total. The molecular weight excluding hydrogens is 216 g/mol. The second kappa shape index (κ2) is 6.09. The first kappa shape index (κ1) is 13.5. The van der Waals surface area contributed by atoms with Crippen LogP contribution < -0.4 is 0 Å². The maximum absolute atomic E-state index is 11.1. The molecule has 0 fully saturated rings. The molecule has 0 amide bonds. The van der Waals surface area contributed by atoms with Crippen LogP contribution in [0.25, 0.3) is 0 Å². The minimum absolute atomic E-state index is 0.450. The van der Waals surface area contributed by atoms with E-state index in [0.29, 0.717) is 0 Å². The van der Waals surface area contributed by atoms with Crippen LogP contribution >= 0.6 is 0 Å². The molecule has 0 rings (SSSR count). The Morgan fingerprint density at radius 2 is 1.87 bits per heavy atom. The summed E-state index contributed by atoms with van der Waals surface area (Å²) in [5, 5.41) is 0. The van der Waals surface area contributed by atoms with Crippen LogP contribution in [0.2, 0.25) is 19.6 Å². The third kappa shape index (κ3) is 8.84. The Bertz CT molecular complexity index is 294. The van der Waals surface area contributed by atoms with E-state index in [2.05, 4.69) is 21.5 Å². The molecule has 5 nitrogen and oxygen atoms in total. The van der Waals surface area contributed by atoms with Crippen molar-refractivity contribution in [1.82, 2.24) is 0 Å². The van der Waals surface area contributed by atoms with Crippen molar-refractivity contribution in [3.05, 3.63) is 0 Å². The lowest BCUT2D eigenvalue weighted by molar-refractivity contribution is -0.138. The Morgan fingerprint density at radius 1 is 1.27 bits per heavy atom. The summed E-state index contributed by atoms with van der Waals surface area (Å²) < 4.78 is 13.7. The highest BCUT2D eigenvalue weighted by Gasteiger charge is 2.20. The summed E-state index contributed by atoms with van der Waals surface area (Å²) in [7, 11) is -1.93. The number of hydrogen-bond acceptors (Lipinski definition) is 5. The summed E-state index contributed by atoms with van der Waals surface area (Å²) in [6.07, 6.45) is 1.05. The molecule has 0 aliphatic rings. The third-order valence-electron chi connectivity index (χ3n) is 0.964. The molecule has 0 aliphatic heterocycles. The minimum atomic E-state index is -1.93. The topological polar surface area (TPSA) is 61.8 Å². The fourth-order valence-corrected chi connectivity index (χ4v) is 1.35. The average molecular weight is 230 g/mol. The maximum Gasteiger partial charge on any atom is 0.523 e. The van der Waals surface area contributed by atoms with Gasteiger partial charge in [-0.15, -0.1) is 0 Å². The summed E-state index contributed by atoms with van der Waals surface area (Å²) in [5.41, 5.74) is 0. The van der Waals surface area contributed by atoms with Gasteiger partial charge in [0.15, 0.2) is 6.61 Å². The van der Waals surface area contributed by atoms with Crippen LogP contribution in [0.1, 0.15) is 6.92 Å². The molecule has 0 aliphatic carbocycles. The average Bonchev–Trinajstić information content (AvgIpc) is 2.08. The first-order valence-electron chi connectivity index (χ1n) is 4.32. The molecule has 0 aromatic carbocycles. The molecule has 0 aromatic heterocycles. The Hall–Kier alpha value is -1.48. The van der Waals surface area contributed by atoms with E-state index in [9.17, 15) is 9.59 Å². The highest BCUT2D eigenvalue weighted by molar-refractivity contribution is 6.71. The van der Waals surface area contributed by atoms with E-state index >= 15 is 0 Å². The maximum atomic E-state index is 11.1. The van der Waals surface area contributed by atoms with Crippen molar-refractivity contribution in [3.8, 4) is 12.0 Å². The van der Waals surface area contributed by atoms with Gasteiger partial charge in [-0.05, 0) is 19.6 Å². The zero-order valence-corrected chi connectivity index (χ0v) is 10.2. The smallest absolute Gasteiger partial charge is 0.517 e. The molecule has 0 heterocycles. The van der Waals surface area contributed by atoms with Crippen LogP contribution in [-0.2, 0) is 18.7 Å². The monoisotopic (exact) mass is 230 g/mol. The Morgan fingerprint density at radius 3 is 2.33 bits per heavy atom. The van der Waals surface area contributed by atoms with Crippen molar-refractivity contribution in [2.75, 3.05) is 6.61 Å². The van der Waals surface area contributed by atoms with E-state index < -0.39 is 27.0 Å². The fourth-order valence-electron chi connectivity index (χ4n) is 0.611. The lowest BCUT2D eigenvalue weighted by atomic mass is 10.7. The van der Waals surface area contributed by atoms with Gasteiger partial charge in [0.25, 0.3) is 0 Å². The number of hydrogen-bond donors (Lipinski definition) is 0. The largest absolute Gasteiger partial charge is 0.523 e. The van der Waals surface area contributed by atoms with Crippen molar-refractivity contribution in [2.45, 2.75) is 26.6 Å². The number of carbonyl (C=O) groups is 2. The molecular formula is C9H14O5Si. The molecule has 15 heavy (non-hydrogen) atoms. The second-order valence-electron chi connectivity index (χ2n) is 3.58. The Kier molecular flexibility index (Phi) is 5.48. The molecule has 0 bridgehead atoms. The van der Waals surface area contributed by atoms with Gasteiger partial charge in [0.05, 0.1) is 0 Å². The standard InChI is InChI=1S/C9H14O5Si/c1-5-6-12-9(11)13-7-8(10)14-15(2,3)4/h7H2,1-4H3. The van der Waals surface area contributed by atoms with Gasteiger partial charge in [-0.2, -0.15) is 0 Å². The highest BCUT2D eigenvalue weighted by Crippen LogP contribution is 2.02. The molecule has 84 valence electrons. The van der Waals surface area contributed by atoms with E-state index in [0.717, 1.165) is 0 Å². The summed E-state index contributed by atoms with van der Waals surface area (Å²) in [6, 6.07) is 0. The van der Waals surface area contributed by atoms with E-state index in [1.807, 2.05) is 19.6 Å². The van der Waals surface area contributed by atoms with Crippen molar-refractivity contribution in [3.63, 3.8) is 0 Å². The zero-order valence-electron chi connectivity index (χ0n) is 9.25. The Labute approximate surface area is 89.8 Å². The van der Waals surface area contributed by atoms with Crippen molar-refractivity contribution in [1.29, 1.82) is 0 Å². The van der Waals surface area contributed by atoms with Crippen LogP contribution in [0.3, 0.4) is 0 Å². The van der Waals surface area contributed by atoms with E-state index in [1.54, 1.807) is 0 Å². The van der Waals surface area contributed by atoms with Gasteiger partial charge in [0, 0.05) is 6.92 Å². The van der Waals surface area contributed by atoms with Gasteiger partial charge in [-0.3, -0.25) is 0 Å². The third-order valence-corrected chi connectivity index (χ3v) is 1.80. The fraction of sp³-hybridized carbons (Fsp3) is 0.556. The van der Waals surface area contributed by atoms with Crippen LogP contribution in [-0.4, -0.2) is 27.0 Å². The van der Waals surface area contributed by atoms with Gasteiger partial charge < -0.3 is 13.9 Å². The highest BCUT2D eigenvalue weighted by atomic mass is 28.4. The molecule has 0 unspecified atom stereocenters. The summed E-state index contributed by atoms with van der Waals surface area (Å²) >= 11 is 0. The molecule has 0 saturated heterocycles. The molecule has 0 spiro atoms. The van der Waals surface area contributed by atoms with Gasteiger partial charge in [0.2, 0.25) is 8.32 Å². The lowest BCUT2D eigenvalue weighted by Gasteiger charge is -2.16. The van der Waals surface area contributed by atoms with Gasteiger partial charge in [0.1, 0.15) is 6.11 Å². The van der Waals surface area contributed by atoms with Crippen LogP contribution in [0.4, 0.5) is 4.79 Å². The normalized spacial score (nSPS) is 9.60. The molecule has 0 atom stereocenters. The van der Waals surface area contributed by atoms with E-state index in [4.69, 9.17) is 4.43 Å². The quantitative estimate of drug-likeness (QED) is 0.417. The van der Waals surface area contributed by atoms with E-state index in [-0.39, 0.29) is 0 Å². The summed E-state index contributed by atoms with van der Waals surface area (Å²) in [4.78, 5) is 21.8. The first-order valence-corrected chi connectivity index (χ1v) is 7.73. The number of rotatable bonds is 3. The van der Waals surface area contributed by atoms with Gasteiger partial charge in [-0.25, -0.2) is 9.59 Å². The molecule has 0 aromatic rings.